The van der Waals surface area contributed by atoms with E-state index >= 15 is 0 Å². The smallest absolute Gasteiger partial charge is 0.349 e. The molecule has 1 heterocycles. The first kappa shape index (κ1) is 10.7. The number of ether oxygens (including phenoxy) is 1. The summed E-state index contributed by atoms with van der Waals surface area (Å²) in [6.07, 6.45) is -0.0678. The molecule has 4 heteroatoms. The maximum atomic E-state index is 11.4. The average molecular weight is 263 g/mol. The van der Waals surface area contributed by atoms with Gasteiger partial charge in [-0.15, -0.1) is 11.3 Å². The van der Waals surface area contributed by atoms with Crippen LogP contribution in [0.5, 0.6) is 0 Å². The Kier molecular flexibility index (Phi) is 3.50. The SMILES string of the molecule is Cc1csc(C(=O)OC(C)C)c1Br. The van der Waals surface area contributed by atoms with E-state index in [-0.39, 0.29) is 12.1 Å². The molecule has 0 aliphatic carbocycles. The second-order valence-electron chi connectivity index (χ2n) is 3.02. The highest BCUT2D eigenvalue weighted by molar-refractivity contribution is 9.10. The van der Waals surface area contributed by atoms with Crippen molar-refractivity contribution in [3.8, 4) is 0 Å². The summed E-state index contributed by atoms with van der Waals surface area (Å²) in [4.78, 5) is 12.1. The van der Waals surface area contributed by atoms with Crippen LogP contribution in [0.2, 0.25) is 0 Å². The van der Waals surface area contributed by atoms with Crippen LogP contribution in [0.15, 0.2) is 9.85 Å². The van der Waals surface area contributed by atoms with Crippen LogP contribution in [0.3, 0.4) is 0 Å². The fraction of sp³-hybridized carbons (Fsp3) is 0.444. The fourth-order valence-corrected chi connectivity index (χ4v) is 2.36. The van der Waals surface area contributed by atoms with Gasteiger partial charge in [-0.3, -0.25) is 0 Å². The number of hydrogen-bond acceptors (Lipinski definition) is 3. The van der Waals surface area contributed by atoms with Gasteiger partial charge in [-0.25, -0.2) is 4.79 Å². The predicted octanol–water partition coefficient (Wildman–Crippen LogP) is 3.38. The minimum Gasteiger partial charge on any atom is -0.459 e. The van der Waals surface area contributed by atoms with Gasteiger partial charge in [0, 0.05) is 4.47 Å². The minimum atomic E-state index is -0.250. The first-order valence-electron chi connectivity index (χ1n) is 3.97. The Hall–Kier alpha value is -0.350. The van der Waals surface area contributed by atoms with Gasteiger partial charge in [0.25, 0.3) is 0 Å². The van der Waals surface area contributed by atoms with E-state index in [9.17, 15) is 4.79 Å². The summed E-state index contributed by atoms with van der Waals surface area (Å²) in [6, 6.07) is 0. The molecule has 0 N–H and O–H groups in total. The largest absolute Gasteiger partial charge is 0.459 e. The number of carbonyl (C=O) groups excluding carboxylic acids is 1. The molecule has 0 spiro atoms. The molecule has 1 aromatic rings. The van der Waals surface area contributed by atoms with E-state index in [1.54, 1.807) is 0 Å². The Morgan fingerprint density at radius 2 is 2.23 bits per heavy atom. The van der Waals surface area contributed by atoms with Crippen LogP contribution in [-0.4, -0.2) is 12.1 Å². The first-order valence-corrected chi connectivity index (χ1v) is 5.64. The van der Waals surface area contributed by atoms with Gasteiger partial charge in [-0.1, -0.05) is 0 Å². The third-order valence-corrected chi connectivity index (χ3v) is 3.79. The summed E-state index contributed by atoms with van der Waals surface area (Å²) in [5.74, 6) is -0.250. The van der Waals surface area contributed by atoms with Gasteiger partial charge < -0.3 is 4.74 Å². The molecular formula is C9H11BrO2S. The molecule has 0 amide bonds. The highest BCUT2D eigenvalue weighted by atomic mass is 79.9. The van der Waals surface area contributed by atoms with E-state index in [0.717, 1.165) is 10.0 Å². The summed E-state index contributed by atoms with van der Waals surface area (Å²) in [5, 5.41) is 1.93. The lowest BCUT2D eigenvalue weighted by Gasteiger charge is -2.06. The van der Waals surface area contributed by atoms with Crippen LogP contribution in [0, 0.1) is 6.92 Å². The van der Waals surface area contributed by atoms with Crippen molar-refractivity contribution in [1.82, 2.24) is 0 Å². The van der Waals surface area contributed by atoms with Crippen LogP contribution in [0.4, 0.5) is 0 Å². The van der Waals surface area contributed by atoms with Crippen molar-refractivity contribution < 1.29 is 9.53 Å². The Morgan fingerprint density at radius 1 is 1.62 bits per heavy atom. The second kappa shape index (κ2) is 4.24. The zero-order chi connectivity index (χ0) is 10.0. The number of aryl methyl sites for hydroxylation is 1. The third-order valence-electron chi connectivity index (χ3n) is 1.43. The first-order chi connectivity index (χ1) is 6.02. The van der Waals surface area contributed by atoms with Crippen molar-refractivity contribution in [2.24, 2.45) is 0 Å². The average Bonchev–Trinajstić information content (AvgIpc) is 2.31. The van der Waals surface area contributed by atoms with Crippen LogP contribution in [0.1, 0.15) is 29.1 Å². The van der Waals surface area contributed by atoms with Crippen LogP contribution < -0.4 is 0 Å². The van der Waals surface area contributed by atoms with E-state index in [0.29, 0.717) is 4.88 Å². The lowest BCUT2D eigenvalue weighted by atomic mass is 10.3. The lowest BCUT2D eigenvalue weighted by Crippen LogP contribution is -2.10. The molecule has 13 heavy (non-hydrogen) atoms. The van der Waals surface area contributed by atoms with Gasteiger partial charge in [0.2, 0.25) is 0 Å². The number of hydrogen-bond donors (Lipinski definition) is 0. The molecule has 0 atom stereocenters. The molecule has 0 unspecified atom stereocenters. The Labute approximate surface area is 90.0 Å². The molecule has 0 fully saturated rings. The molecule has 0 saturated heterocycles. The van der Waals surface area contributed by atoms with Crippen molar-refractivity contribution in [1.29, 1.82) is 0 Å². The molecule has 0 aliphatic heterocycles. The Balaban J connectivity index is 2.83. The number of rotatable bonds is 2. The molecule has 1 rings (SSSR count). The quantitative estimate of drug-likeness (QED) is 0.764. The zero-order valence-corrected chi connectivity index (χ0v) is 10.2. The molecule has 72 valence electrons. The molecule has 0 saturated carbocycles. The Morgan fingerprint density at radius 3 is 2.62 bits per heavy atom. The molecular weight excluding hydrogens is 252 g/mol. The number of carbonyl (C=O) groups is 1. The van der Waals surface area contributed by atoms with E-state index in [2.05, 4.69) is 15.9 Å². The maximum Gasteiger partial charge on any atom is 0.349 e. The minimum absolute atomic E-state index is 0.0678. The van der Waals surface area contributed by atoms with Crippen molar-refractivity contribution in [3.05, 3.63) is 20.3 Å². The van der Waals surface area contributed by atoms with E-state index in [4.69, 9.17) is 4.74 Å². The molecule has 2 nitrogen and oxygen atoms in total. The van der Waals surface area contributed by atoms with Gasteiger partial charge in [0.05, 0.1) is 6.10 Å². The zero-order valence-electron chi connectivity index (χ0n) is 7.76. The van der Waals surface area contributed by atoms with E-state index in [1.165, 1.54) is 11.3 Å². The normalized spacial score (nSPS) is 10.5. The summed E-state index contributed by atoms with van der Waals surface area (Å²) in [5.41, 5.74) is 1.07. The standard InChI is InChI=1S/C9H11BrO2S/c1-5(2)12-9(11)8-7(10)6(3)4-13-8/h4-5H,1-3H3. The molecule has 0 radical (unpaired) electrons. The van der Waals surface area contributed by atoms with Crippen LogP contribution >= 0.6 is 27.3 Å². The molecule has 0 aliphatic rings. The van der Waals surface area contributed by atoms with Crippen molar-refractivity contribution in [2.75, 3.05) is 0 Å². The van der Waals surface area contributed by atoms with Crippen LogP contribution in [0.25, 0.3) is 0 Å². The molecule has 0 aromatic carbocycles. The summed E-state index contributed by atoms with van der Waals surface area (Å²) < 4.78 is 5.92. The van der Waals surface area contributed by atoms with Gasteiger partial charge in [0.15, 0.2) is 0 Å². The maximum absolute atomic E-state index is 11.4. The van der Waals surface area contributed by atoms with Gasteiger partial charge in [0.1, 0.15) is 4.88 Å². The topological polar surface area (TPSA) is 26.3 Å². The number of thiophene rings is 1. The lowest BCUT2D eigenvalue weighted by molar-refractivity contribution is 0.0383. The summed E-state index contributed by atoms with van der Waals surface area (Å²) in [6.45, 7) is 5.63. The van der Waals surface area contributed by atoms with Crippen molar-refractivity contribution in [2.45, 2.75) is 26.9 Å². The third kappa shape index (κ3) is 2.54. The number of halogens is 1. The van der Waals surface area contributed by atoms with Gasteiger partial charge >= 0.3 is 5.97 Å². The predicted molar refractivity (Wildman–Crippen MR) is 57.3 cm³/mol. The molecule has 0 bridgehead atoms. The second-order valence-corrected chi connectivity index (χ2v) is 4.69. The molecule has 1 aromatic heterocycles. The Bertz CT molecular complexity index is 317. The van der Waals surface area contributed by atoms with Crippen LogP contribution in [-0.2, 0) is 4.74 Å². The fourth-order valence-electron chi connectivity index (χ4n) is 0.835. The summed E-state index contributed by atoms with van der Waals surface area (Å²) >= 11 is 4.76. The number of esters is 1. The highest BCUT2D eigenvalue weighted by Gasteiger charge is 2.16. The van der Waals surface area contributed by atoms with E-state index < -0.39 is 0 Å². The van der Waals surface area contributed by atoms with Crippen molar-refractivity contribution in [3.63, 3.8) is 0 Å². The van der Waals surface area contributed by atoms with Crippen molar-refractivity contribution >= 4 is 33.2 Å². The highest BCUT2D eigenvalue weighted by Crippen LogP contribution is 2.28. The van der Waals surface area contributed by atoms with E-state index in [1.807, 2.05) is 26.2 Å². The monoisotopic (exact) mass is 262 g/mol. The van der Waals surface area contributed by atoms with Gasteiger partial charge in [-0.05, 0) is 47.6 Å². The summed E-state index contributed by atoms with van der Waals surface area (Å²) in [7, 11) is 0. The van der Waals surface area contributed by atoms with Gasteiger partial charge in [-0.2, -0.15) is 0 Å².